The monoisotopic (exact) mass is 227 g/mol. The molecule has 0 aromatic carbocycles. The van der Waals surface area contributed by atoms with Crippen molar-refractivity contribution in [2.45, 2.75) is 19.8 Å². The van der Waals surface area contributed by atoms with Crippen LogP contribution in [-0.2, 0) is 0 Å². The molecule has 0 aromatic rings. The minimum Gasteiger partial charge on any atom is -0.297 e. The van der Waals surface area contributed by atoms with Crippen LogP contribution in [0.25, 0.3) is 0 Å². The van der Waals surface area contributed by atoms with Crippen LogP contribution in [-0.4, -0.2) is 23.0 Å². The fourth-order valence-corrected chi connectivity index (χ4v) is 0.829. The van der Waals surface area contributed by atoms with Crippen LogP contribution in [0, 0.1) is 0 Å². The predicted octanol–water partition coefficient (Wildman–Crippen LogP) is 2.11. The van der Waals surface area contributed by atoms with E-state index in [0.717, 1.165) is 4.55 Å². The van der Waals surface area contributed by atoms with Crippen molar-refractivity contribution in [1.82, 2.24) is 4.90 Å². The van der Waals surface area contributed by atoms with Crippen LogP contribution in [0.2, 0.25) is 0 Å². The van der Waals surface area contributed by atoms with Gasteiger partial charge in [0.2, 0.25) is 0 Å². The molecule has 0 bridgehead atoms. The lowest BCUT2D eigenvalue weighted by Crippen LogP contribution is -2.16. The van der Waals surface area contributed by atoms with Gasteiger partial charge in [-0.05, 0) is 20.0 Å². The number of unbranched alkanes of at least 4 members (excludes halogenated alkanes) is 1. The van der Waals surface area contributed by atoms with Crippen LogP contribution >= 0.6 is 22.6 Å². The van der Waals surface area contributed by atoms with Gasteiger partial charge in [0.15, 0.2) is 0 Å². The second-order valence-electron chi connectivity index (χ2n) is 2.05. The van der Waals surface area contributed by atoms with Gasteiger partial charge in [0.05, 0.1) is 4.55 Å². The zero-order chi connectivity index (χ0) is 6.41. The lowest BCUT2D eigenvalue weighted by Gasteiger charge is -2.10. The molecule has 1 nitrogen and oxygen atoms in total. The molecule has 8 heavy (non-hydrogen) atoms. The highest BCUT2D eigenvalue weighted by Crippen LogP contribution is 1.93. The first-order valence-electron chi connectivity index (χ1n) is 3.05. The standard InChI is InChI=1S/C6H14IN/c1-3-4-5-8(2)6-7/h3-6H2,1-2H3. The lowest BCUT2D eigenvalue weighted by atomic mass is 10.3. The first-order valence-corrected chi connectivity index (χ1v) is 4.58. The van der Waals surface area contributed by atoms with Gasteiger partial charge in [-0.1, -0.05) is 35.9 Å². The summed E-state index contributed by atoms with van der Waals surface area (Å²) in [5.41, 5.74) is 0. The minimum absolute atomic E-state index is 1.15. The molecule has 0 aliphatic carbocycles. The maximum atomic E-state index is 2.38. The SMILES string of the molecule is CCCCN(C)CI. The summed E-state index contributed by atoms with van der Waals surface area (Å²) in [4.78, 5) is 2.32. The lowest BCUT2D eigenvalue weighted by molar-refractivity contribution is 0.391. The maximum Gasteiger partial charge on any atom is 0.0502 e. The quantitative estimate of drug-likeness (QED) is 0.404. The molecule has 0 aliphatic heterocycles. The van der Waals surface area contributed by atoms with E-state index in [4.69, 9.17) is 0 Å². The zero-order valence-corrected chi connectivity index (χ0v) is 7.81. The Morgan fingerprint density at radius 1 is 1.50 bits per heavy atom. The smallest absolute Gasteiger partial charge is 0.0502 e. The van der Waals surface area contributed by atoms with Crippen molar-refractivity contribution in [3.05, 3.63) is 0 Å². The number of nitrogens with zero attached hydrogens (tertiary/aromatic N) is 1. The van der Waals surface area contributed by atoms with Crippen LogP contribution in [0.1, 0.15) is 19.8 Å². The summed E-state index contributed by atoms with van der Waals surface area (Å²) < 4.78 is 1.15. The normalized spacial score (nSPS) is 10.5. The molecule has 50 valence electrons. The van der Waals surface area contributed by atoms with Crippen molar-refractivity contribution in [2.75, 3.05) is 18.1 Å². The van der Waals surface area contributed by atoms with E-state index in [1.54, 1.807) is 0 Å². The summed E-state index contributed by atoms with van der Waals surface area (Å²) in [6, 6.07) is 0. The van der Waals surface area contributed by atoms with Crippen molar-refractivity contribution in [2.24, 2.45) is 0 Å². The molecule has 0 aliphatic rings. The Labute approximate surface area is 65.6 Å². The number of hydrogen-bond donors (Lipinski definition) is 0. The topological polar surface area (TPSA) is 3.24 Å². The predicted molar refractivity (Wildman–Crippen MR) is 46.4 cm³/mol. The Bertz CT molecular complexity index is 47.8. The second kappa shape index (κ2) is 5.82. The molecule has 0 saturated carbocycles. The summed E-state index contributed by atoms with van der Waals surface area (Å²) in [6.07, 6.45) is 2.64. The Morgan fingerprint density at radius 2 is 2.12 bits per heavy atom. The Balaban J connectivity index is 2.86. The van der Waals surface area contributed by atoms with E-state index < -0.39 is 0 Å². The summed E-state index contributed by atoms with van der Waals surface area (Å²) in [5.74, 6) is 0. The zero-order valence-electron chi connectivity index (χ0n) is 5.65. The van der Waals surface area contributed by atoms with Gasteiger partial charge in [0, 0.05) is 0 Å². The molecular formula is C6H14IN. The third-order valence-corrected chi connectivity index (χ3v) is 2.26. The molecule has 0 fully saturated rings. The number of halogens is 1. The van der Waals surface area contributed by atoms with Gasteiger partial charge < -0.3 is 0 Å². The Hall–Kier alpha value is 0.690. The van der Waals surface area contributed by atoms with Crippen LogP contribution in [0.15, 0.2) is 0 Å². The average Bonchev–Trinajstić information content (AvgIpc) is 1.83. The van der Waals surface area contributed by atoms with Gasteiger partial charge in [0.1, 0.15) is 0 Å². The molecular weight excluding hydrogens is 213 g/mol. The Morgan fingerprint density at radius 3 is 2.50 bits per heavy atom. The van der Waals surface area contributed by atoms with E-state index in [0.29, 0.717) is 0 Å². The first-order chi connectivity index (χ1) is 3.81. The van der Waals surface area contributed by atoms with Crippen LogP contribution in [0.4, 0.5) is 0 Å². The Kier molecular flexibility index (Phi) is 6.32. The van der Waals surface area contributed by atoms with E-state index in [1.165, 1.54) is 19.4 Å². The molecule has 0 rings (SSSR count). The molecule has 2 heteroatoms. The van der Waals surface area contributed by atoms with Gasteiger partial charge in [0.25, 0.3) is 0 Å². The van der Waals surface area contributed by atoms with E-state index in [2.05, 4.69) is 41.5 Å². The number of rotatable bonds is 4. The highest BCUT2D eigenvalue weighted by molar-refractivity contribution is 14.1. The number of hydrogen-bond acceptors (Lipinski definition) is 1. The van der Waals surface area contributed by atoms with Crippen molar-refractivity contribution in [1.29, 1.82) is 0 Å². The van der Waals surface area contributed by atoms with Crippen molar-refractivity contribution in [3.63, 3.8) is 0 Å². The van der Waals surface area contributed by atoms with Crippen LogP contribution in [0.5, 0.6) is 0 Å². The highest BCUT2D eigenvalue weighted by Gasteiger charge is 1.90. The van der Waals surface area contributed by atoms with Crippen molar-refractivity contribution in [3.8, 4) is 0 Å². The fourth-order valence-electron chi connectivity index (χ4n) is 0.488. The van der Waals surface area contributed by atoms with Gasteiger partial charge in [-0.3, -0.25) is 4.90 Å². The highest BCUT2D eigenvalue weighted by atomic mass is 127. The maximum absolute atomic E-state index is 2.38. The molecule has 0 unspecified atom stereocenters. The second-order valence-corrected chi connectivity index (χ2v) is 2.74. The molecule has 0 spiro atoms. The van der Waals surface area contributed by atoms with E-state index >= 15 is 0 Å². The third-order valence-electron chi connectivity index (χ3n) is 1.10. The van der Waals surface area contributed by atoms with Gasteiger partial charge in [-0.2, -0.15) is 0 Å². The molecule has 0 amide bonds. The molecule has 0 aromatic heterocycles. The molecule has 0 atom stereocenters. The molecule has 0 heterocycles. The van der Waals surface area contributed by atoms with E-state index in [-0.39, 0.29) is 0 Å². The minimum atomic E-state index is 1.15. The molecule has 0 saturated heterocycles. The van der Waals surface area contributed by atoms with Gasteiger partial charge >= 0.3 is 0 Å². The summed E-state index contributed by atoms with van der Waals surface area (Å²) in [6.45, 7) is 3.47. The van der Waals surface area contributed by atoms with Crippen LogP contribution in [0.3, 0.4) is 0 Å². The van der Waals surface area contributed by atoms with Gasteiger partial charge in [-0.25, -0.2) is 0 Å². The van der Waals surface area contributed by atoms with Gasteiger partial charge in [-0.15, -0.1) is 0 Å². The molecule has 0 N–H and O–H groups in total. The largest absolute Gasteiger partial charge is 0.297 e. The van der Waals surface area contributed by atoms with Crippen molar-refractivity contribution >= 4 is 22.6 Å². The first kappa shape index (κ1) is 8.69. The van der Waals surface area contributed by atoms with E-state index in [9.17, 15) is 0 Å². The summed E-state index contributed by atoms with van der Waals surface area (Å²) >= 11 is 2.38. The summed E-state index contributed by atoms with van der Waals surface area (Å²) in [5, 5.41) is 0. The summed E-state index contributed by atoms with van der Waals surface area (Å²) in [7, 11) is 2.15. The number of alkyl halides is 1. The fraction of sp³-hybridized carbons (Fsp3) is 1.00. The third kappa shape index (κ3) is 4.84. The average molecular weight is 227 g/mol. The van der Waals surface area contributed by atoms with E-state index in [1.807, 2.05) is 0 Å². The molecule has 0 radical (unpaired) electrons. The van der Waals surface area contributed by atoms with Crippen molar-refractivity contribution < 1.29 is 0 Å². The van der Waals surface area contributed by atoms with Crippen LogP contribution < -0.4 is 0 Å².